The van der Waals surface area contributed by atoms with Crippen LogP contribution < -0.4 is 11.3 Å². The molecule has 1 atom stereocenters. The zero-order valence-electron chi connectivity index (χ0n) is 9.32. The van der Waals surface area contributed by atoms with Gasteiger partial charge in [0.25, 0.3) is 0 Å². The van der Waals surface area contributed by atoms with Crippen molar-refractivity contribution in [3.05, 3.63) is 30.1 Å². The fraction of sp³-hybridized carbons (Fsp3) is 0.500. The molecule has 0 saturated carbocycles. The summed E-state index contributed by atoms with van der Waals surface area (Å²) in [5, 5.41) is 0. The van der Waals surface area contributed by atoms with Crippen LogP contribution in [0, 0.1) is 0 Å². The Kier molecular flexibility index (Phi) is 5.45. The Balaban J connectivity index is 2.47. The van der Waals surface area contributed by atoms with E-state index in [1.54, 1.807) is 12.1 Å². The number of hydrogen-bond acceptors (Lipinski definition) is 4. The molecule has 0 amide bonds. The van der Waals surface area contributed by atoms with Crippen molar-refractivity contribution in [2.45, 2.75) is 18.4 Å². The molecule has 18 heavy (non-hydrogen) atoms. The fourth-order valence-corrected chi connectivity index (χ4v) is 1.20. The first-order chi connectivity index (χ1) is 8.47. The first-order valence-electron chi connectivity index (χ1n) is 5.07. The van der Waals surface area contributed by atoms with E-state index in [1.807, 2.05) is 0 Å². The van der Waals surface area contributed by atoms with E-state index in [9.17, 15) is 17.6 Å². The van der Waals surface area contributed by atoms with Crippen LogP contribution in [0.5, 0.6) is 0 Å². The summed E-state index contributed by atoms with van der Waals surface area (Å²) in [7, 11) is 0. The summed E-state index contributed by atoms with van der Waals surface area (Å²) in [5.41, 5.74) is 2.95. The highest BCUT2D eigenvalue weighted by Crippen LogP contribution is 2.23. The molecular weight excluding hydrogens is 254 g/mol. The average Bonchev–Trinajstić information content (AvgIpc) is 2.35. The Morgan fingerprint density at radius 3 is 2.67 bits per heavy atom. The van der Waals surface area contributed by atoms with Crippen molar-refractivity contribution in [1.82, 2.24) is 10.4 Å². The number of nitrogens with zero attached hydrogens (tertiary/aromatic N) is 1. The van der Waals surface area contributed by atoms with Gasteiger partial charge in [-0.2, -0.15) is 8.78 Å². The molecule has 1 unspecified atom stereocenters. The Hall–Kier alpha value is -1.25. The van der Waals surface area contributed by atoms with Crippen LogP contribution in [0.4, 0.5) is 17.6 Å². The summed E-state index contributed by atoms with van der Waals surface area (Å²) < 4.78 is 53.4. The minimum Gasteiger partial charge on any atom is -0.373 e. The predicted molar refractivity (Wildman–Crippen MR) is 56.1 cm³/mol. The number of ether oxygens (including phenoxy) is 1. The Labute approximate surface area is 101 Å². The lowest BCUT2D eigenvalue weighted by molar-refractivity contribution is -0.167. The molecular formula is C10H13F4N3O. The first kappa shape index (κ1) is 14.8. The van der Waals surface area contributed by atoms with E-state index in [4.69, 9.17) is 5.84 Å². The lowest BCUT2D eigenvalue weighted by atomic mass is 10.1. The maximum Gasteiger partial charge on any atom is 0.330 e. The van der Waals surface area contributed by atoms with Gasteiger partial charge in [0.1, 0.15) is 6.61 Å². The topological polar surface area (TPSA) is 60.2 Å². The highest BCUT2D eigenvalue weighted by Gasteiger charge is 2.41. The third kappa shape index (κ3) is 4.21. The lowest BCUT2D eigenvalue weighted by Gasteiger charge is -2.19. The monoisotopic (exact) mass is 267 g/mol. The molecule has 1 aromatic rings. The highest BCUT2D eigenvalue weighted by atomic mass is 19.3. The highest BCUT2D eigenvalue weighted by molar-refractivity contribution is 5.13. The van der Waals surface area contributed by atoms with E-state index in [-0.39, 0.29) is 6.61 Å². The van der Waals surface area contributed by atoms with Crippen LogP contribution in [-0.4, -0.2) is 30.5 Å². The van der Waals surface area contributed by atoms with Crippen molar-refractivity contribution in [1.29, 1.82) is 0 Å². The van der Waals surface area contributed by atoms with Gasteiger partial charge >= 0.3 is 12.3 Å². The summed E-state index contributed by atoms with van der Waals surface area (Å²) in [6.07, 6.45) is -0.748. The largest absolute Gasteiger partial charge is 0.373 e. The van der Waals surface area contributed by atoms with Crippen molar-refractivity contribution in [2.75, 3.05) is 13.2 Å². The molecule has 0 bridgehead atoms. The second-order valence-corrected chi connectivity index (χ2v) is 3.58. The second kappa shape index (κ2) is 6.62. The van der Waals surface area contributed by atoms with Gasteiger partial charge in [0, 0.05) is 12.4 Å². The van der Waals surface area contributed by atoms with Crippen LogP contribution in [-0.2, 0) is 4.74 Å². The van der Waals surface area contributed by atoms with Crippen molar-refractivity contribution in [2.24, 2.45) is 5.84 Å². The van der Waals surface area contributed by atoms with Gasteiger partial charge in [-0.1, -0.05) is 6.07 Å². The van der Waals surface area contributed by atoms with Crippen LogP contribution in [0.3, 0.4) is 0 Å². The normalized spacial score (nSPS) is 13.9. The van der Waals surface area contributed by atoms with Crippen LogP contribution in [0.25, 0.3) is 0 Å². The molecule has 102 valence electrons. The zero-order chi connectivity index (χ0) is 13.6. The van der Waals surface area contributed by atoms with E-state index in [0.29, 0.717) is 5.56 Å². The summed E-state index contributed by atoms with van der Waals surface area (Å²) >= 11 is 0. The Morgan fingerprint density at radius 2 is 2.17 bits per heavy atom. The molecule has 0 aromatic carbocycles. The second-order valence-electron chi connectivity index (χ2n) is 3.58. The fourth-order valence-electron chi connectivity index (χ4n) is 1.20. The van der Waals surface area contributed by atoms with Crippen molar-refractivity contribution in [3.63, 3.8) is 0 Å². The van der Waals surface area contributed by atoms with Crippen molar-refractivity contribution >= 4 is 0 Å². The van der Waals surface area contributed by atoms with Gasteiger partial charge in [-0.15, -0.1) is 0 Å². The van der Waals surface area contributed by atoms with Gasteiger partial charge in [-0.25, -0.2) is 8.78 Å². The quantitative estimate of drug-likeness (QED) is 0.446. The van der Waals surface area contributed by atoms with Crippen LogP contribution in [0.2, 0.25) is 0 Å². The van der Waals surface area contributed by atoms with Gasteiger partial charge in [0.05, 0.1) is 12.6 Å². The molecule has 0 spiro atoms. The third-order valence-electron chi connectivity index (χ3n) is 2.19. The molecule has 0 aliphatic heterocycles. The number of rotatable bonds is 7. The molecule has 1 rings (SSSR count). The molecule has 1 heterocycles. The minimum absolute atomic E-state index is 0.259. The van der Waals surface area contributed by atoms with E-state index >= 15 is 0 Å². The van der Waals surface area contributed by atoms with Gasteiger partial charge in [-0.05, 0) is 11.6 Å². The number of nitrogens with two attached hydrogens (primary N) is 1. The minimum atomic E-state index is -4.16. The Morgan fingerprint density at radius 1 is 1.44 bits per heavy atom. The van der Waals surface area contributed by atoms with Gasteiger partial charge in [0.15, 0.2) is 0 Å². The molecule has 3 N–H and O–H groups in total. The van der Waals surface area contributed by atoms with E-state index < -0.39 is 25.0 Å². The number of alkyl halides is 4. The van der Waals surface area contributed by atoms with E-state index in [1.165, 1.54) is 12.4 Å². The van der Waals surface area contributed by atoms with Gasteiger partial charge < -0.3 is 4.74 Å². The maximum absolute atomic E-state index is 12.6. The number of nitrogens with one attached hydrogen (secondary N) is 1. The number of pyridine rings is 1. The number of hydrazine groups is 1. The van der Waals surface area contributed by atoms with Crippen molar-refractivity contribution < 1.29 is 22.3 Å². The molecule has 0 aliphatic rings. The molecule has 0 saturated heterocycles. The SMILES string of the molecule is NNC(COCC(F)(F)C(F)F)c1cccnc1. The van der Waals surface area contributed by atoms with E-state index in [2.05, 4.69) is 15.1 Å². The molecule has 4 nitrogen and oxygen atoms in total. The summed E-state index contributed by atoms with van der Waals surface area (Å²) in [6.45, 7) is -1.62. The average molecular weight is 267 g/mol. The zero-order valence-corrected chi connectivity index (χ0v) is 9.32. The smallest absolute Gasteiger partial charge is 0.330 e. The van der Waals surface area contributed by atoms with Crippen molar-refractivity contribution in [3.8, 4) is 0 Å². The summed E-state index contributed by atoms with van der Waals surface area (Å²) in [5.74, 6) is 1.06. The number of hydrogen-bond donors (Lipinski definition) is 2. The van der Waals surface area contributed by atoms with E-state index in [0.717, 1.165) is 0 Å². The third-order valence-corrected chi connectivity index (χ3v) is 2.19. The van der Waals surface area contributed by atoms with Gasteiger partial charge in [0.2, 0.25) is 0 Å². The Bertz CT molecular complexity index is 350. The molecule has 8 heteroatoms. The first-order valence-corrected chi connectivity index (χ1v) is 5.07. The molecule has 1 aromatic heterocycles. The maximum atomic E-state index is 12.6. The predicted octanol–water partition coefficient (Wildman–Crippen LogP) is 1.50. The molecule has 0 radical (unpaired) electrons. The van der Waals surface area contributed by atoms with Crippen LogP contribution >= 0.6 is 0 Å². The van der Waals surface area contributed by atoms with Crippen LogP contribution in [0.15, 0.2) is 24.5 Å². The standard InChI is InChI=1S/C10H13F4N3O/c11-9(12)10(13,14)6-18-5-8(17-15)7-2-1-3-16-4-7/h1-4,8-9,17H,5-6,15H2. The number of halogens is 4. The molecule has 0 aliphatic carbocycles. The summed E-state index contributed by atoms with van der Waals surface area (Å²) in [6, 6.07) is 2.70. The number of aromatic nitrogens is 1. The van der Waals surface area contributed by atoms with Gasteiger partial charge in [-0.3, -0.25) is 16.3 Å². The van der Waals surface area contributed by atoms with Crippen LogP contribution in [0.1, 0.15) is 11.6 Å². The summed E-state index contributed by atoms with van der Waals surface area (Å²) in [4.78, 5) is 3.82. The molecule has 0 fully saturated rings. The lowest BCUT2D eigenvalue weighted by Crippen LogP contribution is -2.36.